The van der Waals surface area contributed by atoms with Crippen molar-refractivity contribution < 1.29 is 13.2 Å². The number of rotatable bonds is 3. The van der Waals surface area contributed by atoms with E-state index in [9.17, 15) is 13.2 Å². The summed E-state index contributed by atoms with van der Waals surface area (Å²) in [7, 11) is -3.18. The van der Waals surface area contributed by atoms with Gasteiger partial charge in [-0.1, -0.05) is 25.1 Å². The topological polar surface area (TPSA) is 75.6 Å². The van der Waals surface area contributed by atoms with Gasteiger partial charge < -0.3 is 0 Å². The van der Waals surface area contributed by atoms with Crippen LogP contribution in [-0.4, -0.2) is 26.3 Å². The Labute approximate surface area is 124 Å². The summed E-state index contributed by atoms with van der Waals surface area (Å²) < 4.78 is 22.8. The summed E-state index contributed by atoms with van der Waals surface area (Å²) in [5.41, 5.74) is 5.18. The Kier molecular flexibility index (Phi) is 4.27. The van der Waals surface area contributed by atoms with E-state index in [0.29, 0.717) is 11.3 Å². The maximum atomic E-state index is 11.4. The van der Waals surface area contributed by atoms with Crippen molar-refractivity contribution in [1.29, 1.82) is 0 Å². The molecule has 1 atom stereocenters. The molecule has 1 N–H and O–H groups in total. The highest BCUT2D eigenvalue weighted by atomic mass is 32.2. The Morgan fingerprint density at radius 1 is 1.33 bits per heavy atom. The van der Waals surface area contributed by atoms with E-state index in [1.807, 2.05) is 19.9 Å². The number of hydrogen-bond donors (Lipinski definition) is 1. The van der Waals surface area contributed by atoms with Gasteiger partial charge in [0, 0.05) is 18.6 Å². The number of nitrogens with zero attached hydrogens (tertiary/aromatic N) is 1. The van der Waals surface area contributed by atoms with Gasteiger partial charge >= 0.3 is 0 Å². The lowest BCUT2D eigenvalue weighted by Gasteiger charge is -2.19. The third-order valence-corrected chi connectivity index (χ3v) is 4.48. The quantitative estimate of drug-likeness (QED) is 0.928. The van der Waals surface area contributed by atoms with Crippen molar-refractivity contribution in [3.8, 4) is 0 Å². The number of carbonyl (C=O) groups is 1. The molecule has 5 nitrogen and oxygen atoms in total. The first-order chi connectivity index (χ1) is 9.77. The molecule has 0 saturated carbocycles. The van der Waals surface area contributed by atoms with Crippen LogP contribution in [0, 0.1) is 5.92 Å². The van der Waals surface area contributed by atoms with Crippen molar-refractivity contribution in [3.63, 3.8) is 0 Å². The minimum absolute atomic E-state index is 0.0726. The monoisotopic (exact) mass is 306 g/mol. The molecule has 1 unspecified atom stereocenters. The van der Waals surface area contributed by atoms with E-state index in [2.05, 4.69) is 10.5 Å². The first-order valence-corrected chi connectivity index (χ1v) is 8.51. The van der Waals surface area contributed by atoms with Gasteiger partial charge in [-0.3, -0.25) is 4.79 Å². The van der Waals surface area contributed by atoms with Crippen LogP contribution in [0.15, 0.2) is 39.8 Å². The normalized spacial score (nSPS) is 20.0. The number of sulfone groups is 1. The maximum absolute atomic E-state index is 11.4. The zero-order chi connectivity index (χ0) is 15.6. The second kappa shape index (κ2) is 5.81. The lowest BCUT2D eigenvalue weighted by atomic mass is 9.94. The summed E-state index contributed by atoms with van der Waals surface area (Å²) in [6, 6.07) is 6.68. The fourth-order valence-corrected chi connectivity index (χ4v) is 2.90. The van der Waals surface area contributed by atoms with Crippen LogP contribution in [0.4, 0.5) is 0 Å². The van der Waals surface area contributed by atoms with Crippen molar-refractivity contribution in [2.75, 3.05) is 6.26 Å². The number of carbonyl (C=O) groups excluding carboxylic acids is 1. The molecular formula is C15H18N2O3S. The molecule has 1 aliphatic rings. The van der Waals surface area contributed by atoms with E-state index in [1.54, 1.807) is 24.3 Å². The summed E-state index contributed by atoms with van der Waals surface area (Å²) >= 11 is 0. The minimum atomic E-state index is -3.18. The van der Waals surface area contributed by atoms with Gasteiger partial charge in [0.1, 0.15) is 0 Å². The van der Waals surface area contributed by atoms with Gasteiger partial charge in [0.05, 0.1) is 10.6 Å². The molecule has 112 valence electrons. The fraction of sp³-hybridized carbons (Fsp3) is 0.333. The zero-order valence-electron chi connectivity index (χ0n) is 12.3. The predicted molar refractivity (Wildman–Crippen MR) is 82.6 cm³/mol. The molecule has 0 spiro atoms. The van der Waals surface area contributed by atoms with Crippen molar-refractivity contribution in [1.82, 2.24) is 5.43 Å². The van der Waals surface area contributed by atoms with Crippen LogP contribution in [0.1, 0.15) is 25.8 Å². The second-order valence-corrected chi connectivity index (χ2v) is 7.32. The maximum Gasteiger partial charge on any atom is 0.240 e. The molecule has 6 heteroatoms. The highest BCUT2D eigenvalue weighted by molar-refractivity contribution is 7.90. The van der Waals surface area contributed by atoms with Crippen molar-refractivity contribution in [2.45, 2.75) is 25.2 Å². The van der Waals surface area contributed by atoms with E-state index in [-0.39, 0.29) is 11.8 Å². The van der Waals surface area contributed by atoms with Crippen molar-refractivity contribution in [2.24, 2.45) is 11.0 Å². The summed E-state index contributed by atoms with van der Waals surface area (Å²) in [5.74, 6) is 0.00171. The lowest BCUT2D eigenvalue weighted by Crippen LogP contribution is -2.31. The molecule has 0 saturated heterocycles. The average Bonchev–Trinajstić information content (AvgIpc) is 2.38. The molecule has 1 amide bonds. The SMILES string of the molecule is CC(=Cc1ccc(S(C)(=O)=O)cc1)C1=NNC(=O)CC1C. The highest BCUT2D eigenvalue weighted by Crippen LogP contribution is 2.19. The molecule has 1 aromatic rings. The number of allylic oxidation sites excluding steroid dienone is 1. The third-order valence-electron chi connectivity index (χ3n) is 3.35. The standard InChI is InChI=1S/C15H18N2O3S/c1-10(15-11(2)9-14(18)16-17-15)8-12-4-6-13(7-5-12)21(3,19)20/h4-8,11H,9H2,1-3H3,(H,16,18). The van der Waals surface area contributed by atoms with Crippen LogP contribution in [-0.2, 0) is 14.6 Å². The van der Waals surface area contributed by atoms with Gasteiger partial charge in [0.15, 0.2) is 9.84 Å². The first kappa shape index (κ1) is 15.4. The molecule has 0 aromatic heterocycles. The molecular weight excluding hydrogens is 288 g/mol. The van der Waals surface area contributed by atoms with Crippen LogP contribution < -0.4 is 5.43 Å². The van der Waals surface area contributed by atoms with Gasteiger partial charge in [-0.2, -0.15) is 5.10 Å². The molecule has 0 radical (unpaired) electrons. The smallest absolute Gasteiger partial charge is 0.240 e. The summed E-state index contributed by atoms with van der Waals surface area (Å²) in [5, 5.41) is 4.10. The first-order valence-electron chi connectivity index (χ1n) is 6.62. The third kappa shape index (κ3) is 3.78. The van der Waals surface area contributed by atoms with E-state index in [4.69, 9.17) is 0 Å². The van der Waals surface area contributed by atoms with Crippen LogP contribution in [0.5, 0.6) is 0 Å². The summed E-state index contributed by atoms with van der Waals surface area (Å²) in [4.78, 5) is 11.5. The molecule has 0 fully saturated rings. The highest BCUT2D eigenvalue weighted by Gasteiger charge is 2.21. The Hall–Kier alpha value is -1.95. The molecule has 2 rings (SSSR count). The molecule has 1 aromatic carbocycles. The van der Waals surface area contributed by atoms with Gasteiger partial charge in [0.2, 0.25) is 5.91 Å². The van der Waals surface area contributed by atoms with E-state index < -0.39 is 9.84 Å². The van der Waals surface area contributed by atoms with Crippen molar-refractivity contribution >= 4 is 27.5 Å². The van der Waals surface area contributed by atoms with Gasteiger partial charge in [-0.05, 0) is 30.2 Å². The second-order valence-electron chi connectivity index (χ2n) is 5.31. The molecule has 0 bridgehead atoms. The molecule has 0 aliphatic carbocycles. The van der Waals surface area contributed by atoms with Crippen LogP contribution in [0.25, 0.3) is 6.08 Å². The van der Waals surface area contributed by atoms with E-state index in [1.165, 1.54) is 6.26 Å². The number of nitrogens with one attached hydrogen (secondary N) is 1. The van der Waals surface area contributed by atoms with E-state index >= 15 is 0 Å². The zero-order valence-corrected chi connectivity index (χ0v) is 13.1. The van der Waals surface area contributed by atoms with E-state index in [0.717, 1.165) is 16.8 Å². The molecule has 1 aliphatic heterocycles. The summed E-state index contributed by atoms with van der Waals surface area (Å²) in [6.07, 6.45) is 3.54. The van der Waals surface area contributed by atoms with Crippen molar-refractivity contribution in [3.05, 3.63) is 35.4 Å². The molecule has 1 heterocycles. The number of hydrogen-bond acceptors (Lipinski definition) is 4. The largest absolute Gasteiger partial charge is 0.273 e. The Morgan fingerprint density at radius 3 is 2.48 bits per heavy atom. The van der Waals surface area contributed by atoms with Crippen LogP contribution in [0.3, 0.4) is 0 Å². The minimum Gasteiger partial charge on any atom is -0.273 e. The van der Waals surface area contributed by atoms with Crippen LogP contribution >= 0.6 is 0 Å². The number of amides is 1. The lowest BCUT2D eigenvalue weighted by molar-refractivity contribution is -0.121. The van der Waals surface area contributed by atoms with Gasteiger partial charge in [0.25, 0.3) is 0 Å². The average molecular weight is 306 g/mol. The fourth-order valence-electron chi connectivity index (χ4n) is 2.27. The number of benzene rings is 1. The Bertz CT molecular complexity index is 716. The Balaban J connectivity index is 2.25. The summed E-state index contributed by atoms with van der Waals surface area (Å²) in [6.45, 7) is 3.89. The number of hydrazone groups is 1. The van der Waals surface area contributed by atoms with Gasteiger partial charge in [-0.25, -0.2) is 13.8 Å². The molecule has 21 heavy (non-hydrogen) atoms. The van der Waals surface area contributed by atoms with Gasteiger partial charge in [-0.15, -0.1) is 0 Å². The Morgan fingerprint density at radius 2 is 1.95 bits per heavy atom. The van der Waals surface area contributed by atoms with Crippen LogP contribution in [0.2, 0.25) is 0 Å². The predicted octanol–water partition coefficient (Wildman–Crippen LogP) is 2.01.